The average Bonchev–Trinajstić information content (AvgIpc) is 2.44. The molecule has 0 amide bonds. The van der Waals surface area contributed by atoms with Crippen LogP contribution in [0.3, 0.4) is 0 Å². The normalized spacial score (nSPS) is 11.8. The molecule has 0 aromatic heterocycles. The van der Waals surface area contributed by atoms with Crippen molar-refractivity contribution < 1.29 is 14.6 Å². The average molecular weight is 270 g/mol. The van der Waals surface area contributed by atoms with Crippen LogP contribution in [0.5, 0.6) is 5.75 Å². The Labute approximate surface area is 118 Å². The third kappa shape index (κ3) is 4.12. The SMILES string of the molecule is Cc1cccc(OCC(Cc2ccccc2)C(=O)O)c1. The molecule has 1 N–H and O–H groups in total. The van der Waals surface area contributed by atoms with Crippen LogP contribution < -0.4 is 4.74 Å². The Balaban J connectivity index is 1.98. The summed E-state index contributed by atoms with van der Waals surface area (Å²) in [5.74, 6) is -0.663. The van der Waals surface area contributed by atoms with E-state index < -0.39 is 11.9 Å². The zero-order chi connectivity index (χ0) is 14.4. The quantitative estimate of drug-likeness (QED) is 0.876. The second-order valence-electron chi connectivity index (χ2n) is 4.85. The molecule has 0 bridgehead atoms. The van der Waals surface area contributed by atoms with E-state index in [0.29, 0.717) is 12.2 Å². The summed E-state index contributed by atoms with van der Waals surface area (Å²) >= 11 is 0. The molecule has 0 aliphatic rings. The first-order chi connectivity index (χ1) is 9.65. The van der Waals surface area contributed by atoms with Gasteiger partial charge in [0.15, 0.2) is 0 Å². The lowest BCUT2D eigenvalue weighted by molar-refractivity contribution is -0.142. The zero-order valence-corrected chi connectivity index (χ0v) is 11.5. The number of carboxylic acid groups (broad SMARTS) is 1. The molecule has 104 valence electrons. The molecule has 2 rings (SSSR count). The first-order valence-corrected chi connectivity index (χ1v) is 6.61. The van der Waals surface area contributed by atoms with E-state index in [1.807, 2.05) is 61.5 Å². The molecule has 1 unspecified atom stereocenters. The Kier molecular flexibility index (Phi) is 4.77. The lowest BCUT2D eigenvalue weighted by Gasteiger charge is -2.14. The lowest BCUT2D eigenvalue weighted by Crippen LogP contribution is -2.23. The van der Waals surface area contributed by atoms with Gasteiger partial charge in [0.05, 0.1) is 5.92 Å². The maximum absolute atomic E-state index is 11.3. The fraction of sp³-hybridized carbons (Fsp3) is 0.235. The molecule has 3 nitrogen and oxygen atoms in total. The van der Waals surface area contributed by atoms with Crippen LogP contribution in [0, 0.1) is 12.8 Å². The van der Waals surface area contributed by atoms with Gasteiger partial charge in [-0.15, -0.1) is 0 Å². The highest BCUT2D eigenvalue weighted by Crippen LogP contribution is 2.15. The number of carboxylic acids is 1. The minimum absolute atomic E-state index is 0.174. The van der Waals surface area contributed by atoms with Gasteiger partial charge in [-0.25, -0.2) is 0 Å². The van der Waals surface area contributed by atoms with Crippen molar-refractivity contribution >= 4 is 5.97 Å². The molecule has 0 radical (unpaired) electrons. The smallest absolute Gasteiger partial charge is 0.310 e. The van der Waals surface area contributed by atoms with E-state index in [1.165, 1.54) is 0 Å². The Morgan fingerprint density at radius 1 is 1.15 bits per heavy atom. The van der Waals surface area contributed by atoms with E-state index in [1.54, 1.807) is 0 Å². The van der Waals surface area contributed by atoms with Crippen molar-refractivity contribution in [1.29, 1.82) is 0 Å². The monoisotopic (exact) mass is 270 g/mol. The van der Waals surface area contributed by atoms with Crippen molar-refractivity contribution in [2.24, 2.45) is 5.92 Å². The maximum Gasteiger partial charge on any atom is 0.310 e. The first-order valence-electron chi connectivity index (χ1n) is 6.61. The molecule has 0 fully saturated rings. The summed E-state index contributed by atoms with van der Waals surface area (Å²) in [6.45, 7) is 2.15. The number of rotatable bonds is 6. The second kappa shape index (κ2) is 6.75. The second-order valence-corrected chi connectivity index (χ2v) is 4.85. The van der Waals surface area contributed by atoms with E-state index in [4.69, 9.17) is 4.74 Å². The van der Waals surface area contributed by atoms with E-state index in [2.05, 4.69) is 0 Å². The molecule has 2 aromatic rings. The van der Waals surface area contributed by atoms with Crippen LogP contribution >= 0.6 is 0 Å². The summed E-state index contributed by atoms with van der Waals surface area (Å²) in [7, 11) is 0. The minimum Gasteiger partial charge on any atom is -0.493 e. The van der Waals surface area contributed by atoms with Crippen LogP contribution in [0.2, 0.25) is 0 Å². The fourth-order valence-electron chi connectivity index (χ4n) is 2.02. The molecular weight excluding hydrogens is 252 g/mol. The van der Waals surface area contributed by atoms with Crippen LogP contribution in [0.4, 0.5) is 0 Å². The number of aliphatic carboxylic acids is 1. The van der Waals surface area contributed by atoms with Gasteiger partial charge in [0.25, 0.3) is 0 Å². The molecule has 0 heterocycles. The molecule has 0 aliphatic heterocycles. The van der Waals surface area contributed by atoms with Crippen LogP contribution in [-0.4, -0.2) is 17.7 Å². The third-order valence-electron chi connectivity index (χ3n) is 3.11. The lowest BCUT2D eigenvalue weighted by atomic mass is 10.0. The molecule has 0 aliphatic carbocycles. The number of benzene rings is 2. The van der Waals surface area contributed by atoms with Crippen molar-refractivity contribution in [2.75, 3.05) is 6.61 Å². The molecule has 0 saturated carbocycles. The largest absolute Gasteiger partial charge is 0.493 e. The predicted octanol–water partition coefficient (Wildman–Crippen LogP) is 3.32. The molecular formula is C17H18O3. The first kappa shape index (κ1) is 14.1. The zero-order valence-electron chi connectivity index (χ0n) is 11.5. The standard InChI is InChI=1S/C17H18O3/c1-13-6-5-9-16(10-13)20-12-15(17(18)19)11-14-7-3-2-4-8-14/h2-10,15H,11-12H2,1H3,(H,18,19). The molecule has 20 heavy (non-hydrogen) atoms. The summed E-state index contributed by atoms with van der Waals surface area (Å²) in [5.41, 5.74) is 2.10. The Morgan fingerprint density at radius 2 is 1.90 bits per heavy atom. The Bertz CT molecular complexity index is 563. The summed E-state index contributed by atoms with van der Waals surface area (Å²) in [6.07, 6.45) is 0.474. The van der Waals surface area contributed by atoms with Gasteiger partial charge < -0.3 is 9.84 Å². The number of aryl methyl sites for hydroxylation is 1. The summed E-state index contributed by atoms with van der Waals surface area (Å²) in [4.78, 5) is 11.3. The van der Waals surface area contributed by atoms with Gasteiger partial charge in [0.1, 0.15) is 12.4 Å². The van der Waals surface area contributed by atoms with Gasteiger partial charge in [-0.3, -0.25) is 4.79 Å². The van der Waals surface area contributed by atoms with Crippen LogP contribution in [-0.2, 0) is 11.2 Å². The van der Waals surface area contributed by atoms with Gasteiger partial charge >= 0.3 is 5.97 Å². The van der Waals surface area contributed by atoms with Crippen LogP contribution in [0.25, 0.3) is 0 Å². The number of carbonyl (C=O) groups is 1. The maximum atomic E-state index is 11.3. The topological polar surface area (TPSA) is 46.5 Å². The highest BCUT2D eigenvalue weighted by atomic mass is 16.5. The highest BCUT2D eigenvalue weighted by molar-refractivity contribution is 5.70. The van der Waals surface area contributed by atoms with Crippen molar-refractivity contribution in [3.8, 4) is 5.75 Å². The molecule has 1 atom stereocenters. The predicted molar refractivity (Wildman–Crippen MR) is 77.9 cm³/mol. The number of hydrogen-bond donors (Lipinski definition) is 1. The third-order valence-corrected chi connectivity index (χ3v) is 3.11. The van der Waals surface area contributed by atoms with Crippen molar-refractivity contribution in [3.05, 3.63) is 65.7 Å². The summed E-state index contributed by atoms with van der Waals surface area (Å²) in [5, 5.41) is 9.29. The Hall–Kier alpha value is -2.29. The highest BCUT2D eigenvalue weighted by Gasteiger charge is 2.19. The van der Waals surface area contributed by atoms with E-state index in [0.717, 1.165) is 11.1 Å². The minimum atomic E-state index is -0.832. The number of hydrogen-bond acceptors (Lipinski definition) is 2. The van der Waals surface area contributed by atoms with Gasteiger partial charge in [0, 0.05) is 0 Å². The van der Waals surface area contributed by atoms with Gasteiger partial charge in [-0.05, 0) is 36.6 Å². The van der Waals surface area contributed by atoms with Crippen LogP contribution in [0.1, 0.15) is 11.1 Å². The van der Waals surface area contributed by atoms with Crippen molar-refractivity contribution in [2.45, 2.75) is 13.3 Å². The molecule has 3 heteroatoms. The summed E-state index contributed by atoms with van der Waals surface area (Å²) in [6, 6.07) is 17.2. The van der Waals surface area contributed by atoms with Gasteiger partial charge in [-0.1, -0.05) is 42.5 Å². The number of ether oxygens (including phenoxy) is 1. The van der Waals surface area contributed by atoms with E-state index >= 15 is 0 Å². The van der Waals surface area contributed by atoms with E-state index in [9.17, 15) is 9.90 Å². The fourth-order valence-corrected chi connectivity index (χ4v) is 2.02. The van der Waals surface area contributed by atoms with Crippen LogP contribution in [0.15, 0.2) is 54.6 Å². The van der Waals surface area contributed by atoms with Gasteiger partial charge in [0.2, 0.25) is 0 Å². The van der Waals surface area contributed by atoms with Crippen molar-refractivity contribution in [1.82, 2.24) is 0 Å². The molecule has 0 spiro atoms. The Morgan fingerprint density at radius 3 is 2.55 bits per heavy atom. The van der Waals surface area contributed by atoms with Crippen molar-refractivity contribution in [3.63, 3.8) is 0 Å². The summed E-state index contributed by atoms with van der Waals surface area (Å²) < 4.78 is 5.60. The van der Waals surface area contributed by atoms with E-state index in [-0.39, 0.29) is 6.61 Å². The molecule has 0 saturated heterocycles. The molecule has 2 aromatic carbocycles. The van der Waals surface area contributed by atoms with Gasteiger partial charge in [-0.2, -0.15) is 0 Å².